The van der Waals surface area contributed by atoms with Crippen LogP contribution in [-0.2, 0) is 13.0 Å². The van der Waals surface area contributed by atoms with Crippen molar-refractivity contribution in [3.8, 4) is 17.2 Å². The molecule has 0 saturated carbocycles. The Bertz CT molecular complexity index is 1280. The van der Waals surface area contributed by atoms with Gasteiger partial charge in [-0.3, -0.25) is 4.79 Å². The first kappa shape index (κ1) is 27.1. The number of hydrogen-bond acceptors (Lipinski definition) is 5. The molecule has 1 atom stereocenters. The van der Waals surface area contributed by atoms with E-state index in [0.717, 1.165) is 49.5 Å². The molecule has 1 unspecified atom stereocenters. The number of likely N-dealkylation sites (tertiary alicyclic amines) is 1. The molecule has 5 rings (SSSR count). The summed E-state index contributed by atoms with van der Waals surface area (Å²) in [4.78, 5) is 17.7. The highest BCUT2D eigenvalue weighted by molar-refractivity contribution is 5.99. The molecule has 0 aliphatic carbocycles. The molecular weight excluding hydrogens is 488 g/mol. The van der Waals surface area contributed by atoms with Crippen LogP contribution in [0.5, 0.6) is 17.2 Å². The fourth-order valence-electron chi connectivity index (χ4n) is 5.84. The van der Waals surface area contributed by atoms with Crippen molar-refractivity contribution < 1.29 is 19.0 Å². The second-order valence-electron chi connectivity index (χ2n) is 10.1. The van der Waals surface area contributed by atoms with Gasteiger partial charge in [0.2, 0.25) is 0 Å². The third kappa shape index (κ3) is 5.51. The molecule has 7 heteroatoms. The average molecular weight is 525 g/mol. The SMILES string of the molecule is COc1cc2c(cc1OC)C(=O)N(CC1CCCN(CCc3ccc4c(C)c(OC)ccc4c3)C1)C2.Cl. The summed E-state index contributed by atoms with van der Waals surface area (Å²) in [7, 11) is 4.96. The molecule has 0 aromatic heterocycles. The minimum atomic E-state index is 0. The minimum absolute atomic E-state index is 0. The summed E-state index contributed by atoms with van der Waals surface area (Å²) in [6.07, 6.45) is 3.37. The molecule has 0 spiro atoms. The lowest BCUT2D eigenvalue weighted by atomic mass is 9.96. The van der Waals surface area contributed by atoms with Crippen LogP contribution in [0.1, 0.15) is 39.9 Å². The molecule has 1 amide bonds. The number of piperidine rings is 1. The van der Waals surface area contributed by atoms with Crippen molar-refractivity contribution >= 4 is 29.1 Å². The Morgan fingerprint density at radius 1 is 0.946 bits per heavy atom. The van der Waals surface area contributed by atoms with Crippen molar-refractivity contribution in [2.24, 2.45) is 5.92 Å². The summed E-state index contributed by atoms with van der Waals surface area (Å²) >= 11 is 0. The predicted octanol–water partition coefficient (Wildman–Crippen LogP) is 5.51. The average Bonchev–Trinajstić information content (AvgIpc) is 3.20. The number of carbonyl (C=O) groups excluding carboxylic acids is 1. The van der Waals surface area contributed by atoms with Crippen LogP contribution in [0.2, 0.25) is 0 Å². The molecule has 3 aromatic carbocycles. The van der Waals surface area contributed by atoms with Gasteiger partial charge >= 0.3 is 0 Å². The molecule has 0 bridgehead atoms. The molecule has 6 nitrogen and oxygen atoms in total. The molecule has 2 aliphatic rings. The number of carbonyl (C=O) groups is 1. The standard InChI is InChI=1S/C30H36N2O4.ClH/c1-20-25-9-7-21(14-23(25)8-10-27(20)34-2)11-13-31-12-5-6-22(17-31)18-32-19-24-15-28(35-3)29(36-4)16-26(24)30(32)33;/h7-10,14-16,22H,5-6,11-13,17-19H2,1-4H3;1H. The van der Waals surface area contributed by atoms with Crippen LogP contribution in [0.25, 0.3) is 10.8 Å². The molecule has 1 saturated heterocycles. The lowest BCUT2D eigenvalue weighted by molar-refractivity contribution is 0.0703. The van der Waals surface area contributed by atoms with Crippen LogP contribution in [0, 0.1) is 12.8 Å². The molecule has 3 aromatic rings. The summed E-state index contributed by atoms with van der Waals surface area (Å²) in [5, 5.41) is 2.52. The van der Waals surface area contributed by atoms with Gasteiger partial charge in [0.1, 0.15) is 5.75 Å². The molecule has 198 valence electrons. The van der Waals surface area contributed by atoms with E-state index >= 15 is 0 Å². The maximum atomic E-state index is 13.1. The van der Waals surface area contributed by atoms with Crippen molar-refractivity contribution in [1.82, 2.24) is 9.80 Å². The number of amides is 1. The van der Waals surface area contributed by atoms with E-state index < -0.39 is 0 Å². The smallest absolute Gasteiger partial charge is 0.254 e. The topological polar surface area (TPSA) is 51.2 Å². The van der Waals surface area contributed by atoms with E-state index in [1.165, 1.54) is 34.7 Å². The van der Waals surface area contributed by atoms with Gasteiger partial charge < -0.3 is 24.0 Å². The summed E-state index contributed by atoms with van der Waals surface area (Å²) in [6, 6.07) is 14.8. The summed E-state index contributed by atoms with van der Waals surface area (Å²) in [5.41, 5.74) is 4.32. The van der Waals surface area contributed by atoms with E-state index in [1.54, 1.807) is 21.3 Å². The second kappa shape index (κ2) is 11.6. The van der Waals surface area contributed by atoms with Gasteiger partial charge in [-0.25, -0.2) is 0 Å². The zero-order valence-electron chi connectivity index (χ0n) is 22.2. The van der Waals surface area contributed by atoms with Gasteiger partial charge in [-0.1, -0.05) is 24.3 Å². The van der Waals surface area contributed by atoms with Crippen molar-refractivity contribution in [3.05, 3.63) is 64.7 Å². The first-order chi connectivity index (χ1) is 17.5. The van der Waals surface area contributed by atoms with E-state index in [4.69, 9.17) is 14.2 Å². The van der Waals surface area contributed by atoms with Crippen LogP contribution in [0.4, 0.5) is 0 Å². The molecule has 37 heavy (non-hydrogen) atoms. The van der Waals surface area contributed by atoms with Crippen LogP contribution < -0.4 is 14.2 Å². The normalized spacial score (nSPS) is 17.5. The molecule has 0 N–H and O–H groups in total. The number of hydrogen-bond donors (Lipinski definition) is 0. The predicted molar refractivity (Wildman–Crippen MR) is 150 cm³/mol. The third-order valence-electron chi connectivity index (χ3n) is 7.81. The lowest BCUT2D eigenvalue weighted by Gasteiger charge is -2.34. The number of nitrogens with zero attached hydrogens (tertiary/aromatic N) is 2. The van der Waals surface area contributed by atoms with E-state index in [-0.39, 0.29) is 18.3 Å². The summed E-state index contributed by atoms with van der Waals surface area (Å²) in [5.74, 6) is 2.82. The Morgan fingerprint density at radius 2 is 1.70 bits per heavy atom. The van der Waals surface area contributed by atoms with E-state index in [0.29, 0.717) is 24.0 Å². The van der Waals surface area contributed by atoms with Gasteiger partial charge in [-0.2, -0.15) is 0 Å². The lowest BCUT2D eigenvalue weighted by Crippen LogP contribution is -2.41. The quantitative estimate of drug-likeness (QED) is 0.389. The third-order valence-corrected chi connectivity index (χ3v) is 7.81. The van der Waals surface area contributed by atoms with Crippen LogP contribution in [-0.4, -0.2) is 63.2 Å². The van der Waals surface area contributed by atoms with Gasteiger partial charge in [0, 0.05) is 31.7 Å². The second-order valence-corrected chi connectivity index (χ2v) is 10.1. The monoisotopic (exact) mass is 524 g/mol. The maximum absolute atomic E-state index is 13.1. The molecular formula is C30H37ClN2O4. The number of fused-ring (bicyclic) bond motifs is 2. The fraction of sp³-hybridized carbons (Fsp3) is 0.433. The zero-order valence-corrected chi connectivity index (χ0v) is 23.0. The summed E-state index contributed by atoms with van der Waals surface area (Å²) in [6.45, 7) is 6.77. The van der Waals surface area contributed by atoms with Gasteiger partial charge in [0.15, 0.2) is 11.5 Å². The largest absolute Gasteiger partial charge is 0.496 e. The van der Waals surface area contributed by atoms with Crippen molar-refractivity contribution in [1.29, 1.82) is 0 Å². The Hall–Kier alpha value is -2.96. The zero-order chi connectivity index (χ0) is 25.2. The number of aryl methyl sites for hydroxylation is 1. The Balaban J connectivity index is 0.00000320. The van der Waals surface area contributed by atoms with E-state index in [2.05, 4.69) is 42.2 Å². The number of halogens is 1. The first-order valence-electron chi connectivity index (χ1n) is 12.8. The van der Waals surface area contributed by atoms with Gasteiger partial charge in [-0.05, 0) is 84.3 Å². The number of rotatable bonds is 8. The van der Waals surface area contributed by atoms with Crippen molar-refractivity contribution in [2.75, 3.05) is 47.5 Å². The minimum Gasteiger partial charge on any atom is -0.496 e. The van der Waals surface area contributed by atoms with Gasteiger partial charge in [0.05, 0.1) is 21.3 Å². The van der Waals surface area contributed by atoms with E-state index in [9.17, 15) is 4.79 Å². The van der Waals surface area contributed by atoms with Crippen molar-refractivity contribution in [2.45, 2.75) is 32.7 Å². The van der Waals surface area contributed by atoms with Crippen LogP contribution >= 0.6 is 12.4 Å². The maximum Gasteiger partial charge on any atom is 0.254 e. The molecule has 0 radical (unpaired) electrons. The highest BCUT2D eigenvalue weighted by Crippen LogP contribution is 2.35. The van der Waals surface area contributed by atoms with E-state index in [1.807, 2.05) is 17.0 Å². The van der Waals surface area contributed by atoms with Crippen LogP contribution in [0.3, 0.4) is 0 Å². The highest BCUT2D eigenvalue weighted by Gasteiger charge is 2.32. The first-order valence-corrected chi connectivity index (χ1v) is 12.8. The molecule has 2 heterocycles. The summed E-state index contributed by atoms with van der Waals surface area (Å²) < 4.78 is 16.3. The number of ether oxygens (including phenoxy) is 3. The fourth-order valence-corrected chi connectivity index (χ4v) is 5.84. The number of benzene rings is 3. The highest BCUT2D eigenvalue weighted by atomic mass is 35.5. The van der Waals surface area contributed by atoms with Gasteiger partial charge in [-0.15, -0.1) is 12.4 Å². The Labute approximate surface area is 225 Å². The number of methoxy groups -OCH3 is 3. The van der Waals surface area contributed by atoms with Crippen LogP contribution in [0.15, 0.2) is 42.5 Å². The molecule has 2 aliphatic heterocycles. The van der Waals surface area contributed by atoms with Gasteiger partial charge in [0.25, 0.3) is 5.91 Å². The molecule has 1 fully saturated rings. The Morgan fingerprint density at radius 3 is 2.46 bits per heavy atom. The van der Waals surface area contributed by atoms with Crippen molar-refractivity contribution in [3.63, 3.8) is 0 Å². The Kier molecular flexibility index (Phi) is 8.50.